The van der Waals surface area contributed by atoms with Gasteiger partial charge in [0, 0.05) is 30.1 Å². The maximum absolute atomic E-state index is 13.0. The number of amides is 1. The summed E-state index contributed by atoms with van der Waals surface area (Å²) in [6.07, 6.45) is -1.26. The molecule has 1 amide bonds. The van der Waals surface area contributed by atoms with E-state index in [1.807, 2.05) is 20.8 Å². The Morgan fingerprint density at radius 2 is 1.86 bits per heavy atom. The molecule has 7 nitrogen and oxygen atoms in total. The summed E-state index contributed by atoms with van der Waals surface area (Å²) >= 11 is 0. The average molecular weight is 497 g/mol. The van der Waals surface area contributed by atoms with Gasteiger partial charge in [-0.1, -0.05) is 17.3 Å². The second-order valence-electron chi connectivity index (χ2n) is 10.2. The van der Waals surface area contributed by atoms with Crippen LogP contribution in [-0.2, 0) is 16.1 Å². The molecule has 2 atom stereocenters. The number of para-hydroxylation sites is 1. The summed E-state index contributed by atoms with van der Waals surface area (Å²) in [5, 5.41) is 4.11. The van der Waals surface area contributed by atoms with Gasteiger partial charge in [-0.2, -0.15) is 0 Å². The molecule has 0 unspecified atom stereocenters. The van der Waals surface area contributed by atoms with Crippen LogP contribution in [-0.4, -0.2) is 47.3 Å². The predicted octanol–water partition coefficient (Wildman–Crippen LogP) is 6.42. The van der Waals surface area contributed by atoms with E-state index < -0.39 is 12.0 Å². The van der Waals surface area contributed by atoms with E-state index in [1.165, 1.54) is 18.2 Å². The topological polar surface area (TPSA) is 74.0 Å². The first-order chi connectivity index (χ1) is 16.4. The van der Waals surface area contributed by atoms with Gasteiger partial charge < -0.3 is 23.6 Å². The molecule has 10 heteroatoms. The number of alkyl halides is 3. The zero-order valence-corrected chi connectivity index (χ0v) is 20.4. The zero-order chi connectivity index (χ0) is 25.4. The highest BCUT2D eigenvalue weighted by Crippen LogP contribution is 2.46. The third kappa shape index (κ3) is 6.48. The van der Waals surface area contributed by atoms with E-state index in [0.29, 0.717) is 23.4 Å². The van der Waals surface area contributed by atoms with Crippen LogP contribution in [0.25, 0.3) is 11.3 Å². The summed E-state index contributed by atoms with van der Waals surface area (Å²) in [7, 11) is 1.72. The molecule has 2 aliphatic rings. The summed E-state index contributed by atoms with van der Waals surface area (Å²) in [4.78, 5) is 14.0. The average Bonchev–Trinajstić information content (AvgIpc) is 3.33. The fraction of sp³-hybridized carbons (Fsp3) is 0.600. The van der Waals surface area contributed by atoms with E-state index in [2.05, 4.69) is 9.89 Å². The number of ether oxygens (including phenoxy) is 3. The molecule has 2 saturated carbocycles. The van der Waals surface area contributed by atoms with Crippen LogP contribution in [0.5, 0.6) is 5.75 Å². The minimum atomic E-state index is -4.82. The molecular weight excluding hydrogens is 465 g/mol. The van der Waals surface area contributed by atoms with Crippen LogP contribution in [0, 0.1) is 0 Å². The van der Waals surface area contributed by atoms with Crippen molar-refractivity contribution in [2.75, 3.05) is 7.05 Å². The Morgan fingerprint density at radius 1 is 1.14 bits per heavy atom. The van der Waals surface area contributed by atoms with Crippen LogP contribution in [0.1, 0.15) is 70.1 Å². The van der Waals surface area contributed by atoms with Gasteiger partial charge in [-0.05, 0) is 65.0 Å². The normalized spacial score (nSPS) is 20.7. The van der Waals surface area contributed by atoms with Crippen LogP contribution < -0.4 is 4.74 Å². The molecule has 2 fully saturated rings. The number of carbonyl (C=O) groups is 1. The highest BCUT2D eigenvalue weighted by Gasteiger charge is 2.37. The van der Waals surface area contributed by atoms with Gasteiger partial charge in [0.05, 0.1) is 12.7 Å². The molecule has 0 aliphatic heterocycles. The number of aromatic nitrogens is 1. The zero-order valence-electron chi connectivity index (χ0n) is 20.4. The van der Waals surface area contributed by atoms with E-state index in [-0.39, 0.29) is 42.1 Å². The van der Waals surface area contributed by atoms with Crippen molar-refractivity contribution in [1.82, 2.24) is 10.1 Å². The Hall–Kier alpha value is -2.75. The van der Waals surface area contributed by atoms with Crippen LogP contribution in [0.2, 0.25) is 0 Å². The smallest absolute Gasteiger partial charge is 0.444 e. The SMILES string of the molecule is CN(C(=O)OC(C)(C)C)[C@@H]1CC[C@H](OCc2c(-c3ccccc3OC(F)(F)F)noc2C2CC2)C1. The van der Waals surface area contributed by atoms with Gasteiger partial charge in [0.15, 0.2) is 0 Å². The quantitative estimate of drug-likeness (QED) is 0.440. The first-order valence-electron chi connectivity index (χ1n) is 11.8. The number of hydrogen-bond donors (Lipinski definition) is 0. The van der Waals surface area contributed by atoms with Gasteiger partial charge in [0.1, 0.15) is 22.8 Å². The lowest BCUT2D eigenvalue weighted by Crippen LogP contribution is -2.39. The van der Waals surface area contributed by atoms with Crippen LogP contribution in [0.4, 0.5) is 18.0 Å². The molecule has 1 aromatic carbocycles. The van der Waals surface area contributed by atoms with Crippen molar-refractivity contribution in [1.29, 1.82) is 0 Å². The Morgan fingerprint density at radius 3 is 2.51 bits per heavy atom. The number of halogens is 3. The van der Waals surface area contributed by atoms with E-state index in [4.69, 9.17) is 14.0 Å². The number of nitrogens with zero attached hydrogens (tertiary/aromatic N) is 2. The fourth-order valence-electron chi connectivity index (χ4n) is 4.32. The largest absolute Gasteiger partial charge is 0.573 e. The molecular formula is C25H31F3N2O5. The van der Waals surface area contributed by atoms with E-state index >= 15 is 0 Å². The number of benzene rings is 1. The molecule has 2 aliphatic carbocycles. The van der Waals surface area contributed by atoms with E-state index in [1.54, 1.807) is 18.0 Å². The lowest BCUT2D eigenvalue weighted by Gasteiger charge is -2.28. The monoisotopic (exact) mass is 496 g/mol. The van der Waals surface area contributed by atoms with Gasteiger partial charge in [-0.25, -0.2) is 4.79 Å². The molecule has 0 saturated heterocycles. The Kier molecular flexibility index (Phi) is 7.04. The van der Waals surface area contributed by atoms with Crippen molar-refractivity contribution in [3.63, 3.8) is 0 Å². The number of carbonyl (C=O) groups excluding carboxylic acids is 1. The second-order valence-corrected chi connectivity index (χ2v) is 10.2. The van der Waals surface area contributed by atoms with Crippen molar-refractivity contribution in [3.05, 3.63) is 35.6 Å². The van der Waals surface area contributed by atoms with Crippen molar-refractivity contribution in [3.8, 4) is 17.0 Å². The lowest BCUT2D eigenvalue weighted by atomic mass is 10.0. The minimum absolute atomic E-state index is 0.0133. The van der Waals surface area contributed by atoms with Crippen LogP contribution >= 0.6 is 0 Å². The molecule has 0 radical (unpaired) electrons. The fourth-order valence-corrected chi connectivity index (χ4v) is 4.32. The molecule has 0 N–H and O–H groups in total. The molecule has 1 heterocycles. The Balaban J connectivity index is 1.47. The number of rotatable bonds is 7. The molecule has 0 bridgehead atoms. The van der Waals surface area contributed by atoms with Gasteiger partial charge in [-0.15, -0.1) is 13.2 Å². The van der Waals surface area contributed by atoms with Crippen molar-refractivity contribution >= 4 is 6.09 Å². The Bertz CT molecular complexity index is 1040. The summed E-state index contributed by atoms with van der Waals surface area (Å²) in [5.74, 6) is 0.513. The lowest BCUT2D eigenvalue weighted by molar-refractivity contribution is -0.274. The maximum Gasteiger partial charge on any atom is 0.573 e. The van der Waals surface area contributed by atoms with Crippen LogP contribution in [0.15, 0.2) is 28.8 Å². The van der Waals surface area contributed by atoms with Gasteiger partial charge in [0.2, 0.25) is 0 Å². The van der Waals surface area contributed by atoms with Gasteiger partial charge >= 0.3 is 12.5 Å². The maximum atomic E-state index is 13.0. The summed E-state index contributed by atoms with van der Waals surface area (Å²) in [6.45, 7) is 5.63. The minimum Gasteiger partial charge on any atom is -0.444 e. The molecule has 4 rings (SSSR count). The van der Waals surface area contributed by atoms with Crippen molar-refractivity contribution < 1.29 is 36.7 Å². The van der Waals surface area contributed by atoms with Crippen molar-refractivity contribution in [2.45, 2.75) is 89.5 Å². The summed E-state index contributed by atoms with van der Waals surface area (Å²) in [5.41, 5.74) is 0.574. The molecule has 1 aromatic heterocycles. The van der Waals surface area contributed by atoms with Crippen molar-refractivity contribution in [2.24, 2.45) is 0 Å². The second kappa shape index (κ2) is 9.72. The molecule has 2 aromatic rings. The molecule has 35 heavy (non-hydrogen) atoms. The first-order valence-corrected chi connectivity index (χ1v) is 11.8. The highest BCUT2D eigenvalue weighted by molar-refractivity contribution is 5.70. The third-order valence-corrected chi connectivity index (χ3v) is 6.18. The molecule has 192 valence electrons. The third-order valence-electron chi connectivity index (χ3n) is 6.18. The summed E-state index contributed by atoms with van der Waals surface area (Å²) < 4.78 is 60.3. The standard InChI is InChI=1S/C25H31F3N2O5/c1-24(2,3)34-23(31)30(4)16-11-12-17(13-16)32-14-19-21(29-35-22(19)15-9-10-15)18-7-5-6-8-20(18)33-25(26,27)28/h5-8,15-17H,9-14H2,1-4H3/t16-,17+/m1/s1. The molecule has 0 spiro atoms. The number of hydrogen-bond acceptors (Lipinski definition) is 6. The van der Waals surface area contributed by atoms with Gasteiger partial charge in [0.25, 0.3) is 0 Å². The van der Waals surface area contributed by atoms with Crippen LogP contribution in [0.3, 0.4) is 0 Å². The van der Waals surface area contributed by atoms with Gasteiger partial charge in [-0.3, -0.25) is 0 Å². The first kappa shape index (κ1) is 25.3. The predicted molar refractivity (Wildman–Crippen MR) is 121 cm³/mol. The van der Waals surface area contributed by atoms with E-state index in [9.17, 15) is 18.0 Å². The summed E-state index contributed by atoms with van der Waals surface area (Å²) in [6, 6.07) is 5.87. The highest BCUT2D eigenvalue weighted by atomic mass is 19.4. The van der Waals surface area contributed by atoms with E-state index in [0.717, 1.165) is 25.7 Å². The Labute approximate surface area is 202 Å².